The fraction of sp³-hybridized carbons (Fsp3) is 0.375. The monoisotopic (exact) mass is 253 g/mol. The van der Waals surface area contributed by atoms with Crippen molar-refractivity contribution in [3.63, 3.8) is 0 Å². The van der Waals surface area contributed by atoms with Crippen molar-refractivity contribution in [1.82, 2.24) is 15.3 Å². The quantitative estimate of drug-likeness (QED) is 0.910. The summed E-state index contributed by atoms with van der Waals surface area (Å²) in [5, 5.41) is 3.33. The molecule has 1 aromatic carbocycles. The zero-order valence-electron chi connectivity index (χ0n) is 11.2. The van der Waals surface area contributed by atoms with Gasteiger partial charge in [0.1, 0.15) is 0 Å². The molecule has 1 fully saturated rings. The van der Waals surface area contributed by atoms with Crippen molar-refractivity contribution in [3.05, 3.63) is 59.7 Å². The number of nitrogens with one attached hydrogen (secondary N) is 1. The van der Waals surface area contributed by atoms with E-state index in [0.29, 0.717) is 0 Å². The third-order valence-electron chi connectivity index (χ3n) is 3.99. The van der Waals surface area contributed by atoms with E-state index in [1.165, 1.54) is 30.4 Å². The minimum absolute atomic E-state index is 0.119. The molecular weight excluding hydrogens is 234 g/mol. The van der Waals surface area contributed by atoms with Gasteiger partial charge in [-0.1, -0.05) is 30.7 Å². The van der Waals surface area contributed by atoms with E-state index in [-0.39, 0.29) is 6.04 Å². The first-order chi connectivity index (χ1) is 9.38. The van der Waals surface area contributed by atoms with Crippen LogP contribution in [0.25, 0.3) is 0 Å². The topological polar surface area (TPSA) is 37.8 Å². The van der Waals surface area contributed by atoms with Gasteiger partial charge in [0.2, 0.25) is 0 Å². The molecule has 0 amide bonds. The van der Waals surface area contributed by atoms with Crippen LogP contribution in [0.2, 0.25) is 0 Å². The highest BCUT2D eigenvalue weighted by Gasteiger charge is 2.21. The van der Waals surface area contributed by atoms with Crippen LogP contribution in [-0.4, -0.2) is 17.0 Å². The normalized spacial score (nSPS) is 16.9. The van der Waals surface area contributed by atoms with Crippen LogP contribution in [-0.2, 0) is 0 Å². The lowest BCUT2D eigenvalue weighted by Gasteiger charge is -2.27. The number of nitrogens with zero attached hydrogens (tertiary/aromatic N) is 2. The molecule has 3 heteroatoms. The fourth-order valence-electron chi connectivity index (χ4n) is 2.68. The van der Waals surface area contributed by atoms with E-state index < -0.39 is 0 Å². The van der Waals surface area contributed by atoms with Crippen LogP contribution >= 0.6 is 0 Å². The molecule has 98 valence electrons. The van der Waals surface area contributed by atoms with Crippen LogP contribution in [0.5, 0.6) is 0 Å². The maximum atomic E-state index is 4.41. The summed E-state index contributed by atoms with van der Waals surface area (Å²) in [4.78, 5) is 8.57. The third kappa shape index (κ3) is 2.51. The molecule has 0 bridgehead atoms. The second kappa shape index (κ2) is 5.49. The Balaban J connectivity index is 1.91. The molecular formula is C16H19N3. The summed E-state index contributed by atoms with van der Waals surface area (Å²) in [6, 6.07) is 9.01. The highest BCUT2D eigenvalue weighted by Crippen LogP contribution is 2.37. The first-order valence-corrected chi connectivity index (χ1v) is 6.91. The zero-order chi connectivity index (χ0) is 13.1. The Morgan fingerprint density at radius 2 is 2.16 bits per heavy atom. The molecule has 19 heavy (non-hydrogen) atoms. The molecule has 1 aromatic heterocycles. The van der Waals surface area contributed by atoms with Gasteiger partial charge in [-0.2, -0.15) is 0 Å². The van der Waals surface area contributed by atoms with Crippen LogP contribution in [0, 0.1) is 0 Å². The van der Waals surface area contributed by atoms with Gasteiger partial charge in [-0.15, -0.1) is 0 Å². The fourth-order valence-corrected chi connectivity index (χ4v) is 2.68. The van der Waals surface area contributed by atoms with Crippen molar-refractivity contribution >= 4 is 0 Å². The van der Waals surface area contributed by atoms with Crippen molar-refractivity contribution < 1.29 is 0 Å². The molecule has 3 rings (SSSR count). The molecule has 3 nitrogen and oxygen atoms in total. The molecule has 1 saturated carbocycles. The molecule has 1 N–H and O–H groups in total. The predicted molar refractivity (Wildman–Crippen MR) is 76.0 cm³/mol. The molecule has 1 aliphatic rings. The van der Waals surface area contributed by atoms with Gasteiger partial charge in [0.05, 0.1) is 17.9 Å². The molecule has 1 unspecified atom stereocenters. The second-order valence-corrected chi connectivity index (χ2v) is 5.15. The molecule has 0 spiro atoms. The molecule has 2 aromatic rings. The SMILES string of the molecule is CNC(c1cccc(C2CCC2)c1)c1cnccn1. The summed E-state index contributed by atoms with van der Waals surface area (Å²) in [6.07, 6.45) is 9.32. The van der Waals surface area contributed by atoms with E-state index in [4.69, 9.17) is 0 Å². The van der Waals surface area contributed by atoms with Crippen molar-refractivity contribution in [2.75, 3.05) is 7.05 Å². The van der Waals surface area contributed by atoms with E-state index in [0.717, 1.165) is 11.6 Å². The number of benzene rings is 1. The van der Waals surface area contributed by atoms with Crippen LogP contribution < -0.4 is 5.32 Å². The molecule has 1 heterocycles. The number of rotatable bonds is 4. The Morgan fingerprint density at radius 1 is 1.26 bits per heavy atom. The van der Waals surface area contributed by atoms with E-state index in [1.54, 1.807) is 12.4 Å². The Kier molecular flexibility index (Phi) is 3.56. The first kappa shape index (κ1) is 12.3. The second-order valence-electron chi connectivity index (χ2n) is 5.15. The highest BCUT2D eigenvalue weighted by molar-refractivity contribution is 5.33. The Hall–Kier alpha value is -1.74. The van der Waals surface area contributed by atoms with Crippen LogP contribution in [0.15, 0.2) is 42.9 Å². The lowest BCUT2D eigenvalue weighted by molar-refractivity contribution is 0.419. The molecule has 0 aliphatic heterocycles. The van der Waals surface area contributed by atoms with Gasteiger partial charge < -0.3 is 5.32 Å². The lowest BCUT2D eigenvalue weighted by atomic mass is 9.79. The van der Waals surface area contributed by atoms with Crippen LogP contribution in [0.4, 0.5) is 0 Å². The molecule has 1 aliphatic carbocycles. The van der Waals surface area contributed by atoms with E-state index >= 15 is 0 Å². The van der Waals surface area contributed by atoms with Crippen molar-refractivity contribution in [1.29, 1.82) is 0 Å². The average molecular weight is 253 g/mol. The summed E-state index contributed by atoms with van der Waals surface area (Å²) in [6.45, 7) is 0. The molecule has 0 saturated heterocycles. The maximum absolute atomic E-state index is 4.41. The minimum Gasteiger partial charge on any atom is -0.308 e. The van der Waals surface area contributed by atoms with Gasteiger partial charge >= 0.3 is 0 Å². The van der Waals surface area contributed by atoms with Crippen molar-refractivity contribution in [3.8, 4) is 0 Å². The maximum Gasteiger partial charge on any atom is 0.0801 e. The van der Waals surface area contributed by atoms with Gasteiger partial charge in [-0.3, -0.25) is 9.97 Å². The number of hydrogen-bond donors (Lipinski definition) is 1. The van der Waals surface area contributed by atoms with E-state index in [2.05, 4.69) is 39.6 Å². The summed E-state index contributed by atoms with van der Waals surface area (Å²) in [7, 11) is 1.97. The summed E-state index contributed by atoms with van der Waals surface area (Å²) < 4.78 is 0. The summed E-state index contributed by atoms with van der Waals surface area (Å²) in [5.41, 5.74) is 3.70. The van der Waals surface area contributed by atoms with Gasteiger partial charge in [-0.25, -0.2) is 0 Å². The van der Waals surface area contributed by atoms with E-state index in [9.17, 15) is 0 Å². The number of aromatic nitrogens is 2. The van der Waals surface area contributed by atoms with Crippen LogP contribution in [0.3, 0.4) is 0 Å². The van der Waals surface area contributed by atoms with Gasteiger partial charge in [0, 0.05) is 12.4 Å². The minimum atomic E-state index is 0.119. The van der Waals surface area contributed by atoms with Gasteiger partial charge in [0.25, 0.3) is 0 Å². The average Bonchev–Trinajstić information content (AvgIpc) is 2.39. The Labute approximate surface area is 114 Å². The molecule has 0 radical (unpaired) electrons. The van der Waals surface area contributed by atoms with Gasteiger partial charge in [-0.05, 0) is 36.9 Å². The standard InChI is InChI=1S/C16H19N3/c1-17-16(15-11-18-8-9-19-15)14-7-3-6-13(10-14)12-4-2-5-12/h3,6-12,16-17H,2,4-5H2,1H3. The zero-order valence-corrected chi connectivity index (χ0v) is 11.2. The van der Waals surface area contributed by atoms with Crippen LogP contribution in [0.1, 0.15) is 48.0 Å². The summed E-state index contributed by atoms with van der Waals surface area (Å²) in [5.74, 6) is 0.763. The molecule has 1 atom stereocenters. The van der Waals surface area contributed by atoms with Crippen molar-refractivity contribution in [2.45, 2.75) is 31.2 Å². The highest BCUT2D eigenvalue weighted by atomic mass is 14.9. The smallest absolute Gasteiger partial charge is 0.0801 e. The Bertz CT molecular complexity index is 535. The third-order valence-corrected chi connectivity index (χ3v) is 3.99. The Morgan fingerprint density at radius 3 is 2.79 bits per heavy atom. The predicted octanol–water partition coefficient (Wildman–Crippen LogP) is 3.05. The van der Waals surface area contributed by atoms with Gasteiger partial charge in [0.15, 0.2) is 0 Å². The number of hydrogen-bond acceptors (Lipinski definition) is 3. The van der Waals surface area contributed by atoms with E-state index in [1.807, 2.05) is 13.2 Å². The lowest BCUT2D eigenvalue weighted by Crippen LogP contribution is -2.19. The van der Waals surface area contributed by atoms with Crippen molar-refractivity contribution in [2.24, 2.45) is 0 Å². The first-order valence-electron chi connectivity index (χ1n) is 6.91. The largest absolute Gasteiger partial charge is 0.308 e. The summed E-state index contributed by atoms with van der Waals surface area (Å²) >= 11 is 0.